The lowest BCUT2D eigenvalue weighted by molar-refractivity contribution is 0.102. The minimum absolute atomic E-state index is 0.199. The van der Waals surface area contributed by atoms with Crippen molar-refractivity contribution in [3.8, 4) is 17.2 Å². The van der Waals surface area contributed by atoms with Gasteiger partial charge in [-0.3, -0.25) is 14.2 Å². The lowest BCUT2D eigenvalue weighted by atomic mass is 10.1. The van der Waals surface area contributed by atoms with Gasteiger partial charge >= 0.3 is 0 Å². The van der Waals surface area contributed by atoms with Crippen molar-refractivity contribution in [1.29, 1.82) is 0 Å². The number of aromatic nitrogens is 1. The van der Waals surface area contributed by atoms with Crippen molar-refractivity contribution in [1.82, 2.24) is 4.57 Å². The zero-order chi connectivity index (χ0) is 23.7. The number of rotatable bonds is 5. The fraction of sp³-hybridized carbons (Fsp3) is 0.154. The van der Waals surface area contributed by atoms with E-state index in [1.165, 1.54) is 18.8 Å². The normalized spacial score (nSPS) is 10.8. The smallest absolute Gasteiger partial charge is 0.262 e. The van der Waals surface area contributed by atoms with Crippen LogP contribution in [0.3, 0.4) is 0 Å². The molecule has 0 bridgehead atoms. The predicted molar refractivity (Wildman–Crippen MR) is 132 cm³/mol. The molecule has 1 N–H and O–H groups in total. The Hall–Kier alpha value is -3.77. The van der Waals surface area contributed by atoms with Gasteiger partial charge in [0.2, 0.25) is 0 Å². The van der Waals surface area contributed by atoms with Gasteiger partial charge < -0.3 is 14.8 Å². The Labute approximate surface area is 196 Å². The number of nitrogens with zero attached hydrogens (tertiary/aromatic N) is 1. The van der Waals surface area contributed by atoms with Crippen molar-refractivity contribution in [3.05, 3.63) is 92.9 Å². The summed E-state index contributed by atoms with van der Waals surface area (Å²) in [5, 5.41) is 4.19. The molecule has 0 radical (unpaired) electrons. The number of carbonyl (C=O) groups excluding carboxylic acids is 1. The molecule has 168 valence electrons. The second-order valence-corrected chi connectivity index (χ2v) is 8.08. The molecule has 4 rings (SSSR count). The summed E-state index contributed by atoms with van der Waals surface area (Å²) in [6, 6.07) is 16.0. The van der Waals surface area contributed by atoms with Crippen LogP contribution in [-0.4, -0.2) is 24.7 Å². The minimum atomic E-state index is -0.400. The van der Waals surface area contributed by atoms with Crippen LogP contribution in [0.1, 0.15) is 21.5 Å². The highest BCUT2D eigenvalue weighted by Crippen LogP contribution is 2.36. The minimum Gasteiger partial charge on any atom is -0.495 e. The maximum absolute atomic E-state index is 13.4. The molecule has 1 amide bonds. The molecule has 0 aliphatic carbocycles. The summed E-state index contributed by atoms with van der Waals surface area (Å²) in [6.45, 7) is 3.99. The van der Waals surface area contributed by atoms with Gasteiger partial charge in [0, 0.05) is 28.7 Å². The predicted octanol–water partition coefficient (Wildman–Crippen LogP) is 5.53. The summed E-state index contributed by atoms with van der Waals surface area (Å²) < 4.78 is 12.1. The number of ether oxygens (including phenoxy) is 2. The topological polar surface area (TPSA) is 69.6 Å². The lowest BCUT2D eigenvalue weighted by Gasteiger charge is -2.16. The fourth-order valence-electron chi connectivity index (χ4n) is 3.69. The number of aryl methyl sites for hydroxylation is 2. The fourth-order valence-corrected chi connectivity index (χ4v) is 3.93. The maximum atomic E-state index is 13.4. The van der Waals surface area contributed by atoms with E-state index >= 15 is 0 Å². The van der Waals surface area contributed by atoms with Crippen molar-refractivity contribution in [2.75, 3.05) is 19.5 Å². The van der Waals surface area contributed by atoms with E-state index in [4.69, 9.17) is 21.1 Å². The Kier molecular flexibility index (Phi) is 6.11. The Morgan fingerprint density at radius 1 is 0.909 bits per heavy atom. The monoisotopic (exact) mass is 462 g/mol. The van der Waals surface area contributed by atoms with Crippen LogP contribution in [0.5, 0.6) is 11.5 Å². The second kappa shape index (κ2) is 9.00. The van der Waals surface area contributed by atoms with Crippen LogP contribution >= 0.6 is 11.6 Å². The molecule has 3 aromatic carbocycles. The molecule has 6 nitrogen and oxygen atoms in total. The van der Waals surface area contributed by atoms with Crippen LogP contribution in [0, 0.1) is 13.8 Å². The highest BCUT2D eigenvalue weighted by Gasteiger charge is 2.18. The van der Waals surface area contributed by atoms with Gasteiger partial charge in [0.05, 0.1) is 30.5 Å². The van der Waals surface area contributed by atoms with Gasteiger partial charge in [-0.2, -0.15) is 0 Å². The second-order valence-electron chi connectivity index (χ2n) is 7.67. The van der Waals surface area contributed by atoms with Crippen molar-refractivity contribution in [2.24, 2.45) is 0 Å². The Bertz CT molecular complexity index is 1440. The summed E-state index contributed by atoms with van der Waals surface area (Å²) in [5.74, 6) is 0.431. The molecule has 33 heavy (non-hydrogen) atoms. The molecule has 0 saturated heterocycles. The molecule has 0 aliphatic heterocycles. The summed E-state index contributed by atoms with van der Waals surface area (Å²) in [4.78, 5) is 26.7. The molecule has 0 saturated carbocycles. The van der Waals surface area contributed by atoms with E-state index in [-0.39, 0.29) is 5.56 Å². The number of benzene rings is 3. The molecular weight excluding hydrogens is 440 g/mol. The van der Waals surface area contributed by atoms with Crippen molar-refractivity contribution in [3.63, 3.8) is 0 Å². The van der Waals surface area contributed by atoms with Gasteiger partial charge in [-0.05, 0) is 49.2 Å². The van der Waals surface area contributed by atoms with Crippen molar-refractivity contribution >= 4 is 34.0 Å². The van der Waals surface area contributed by atoms with E-state index in [1.807, 2.05) is 32.0 Å². The molecule has 0 aliphatic rings. The number of pyridine rings is 1. The average molecular weight is 463 g/mol. The van der Waals surface area contributed by atoms with Crippen LogP contribution < -0.4 is 20.3 Å². The first-order valence-electron chi connectivity index (χ1n) is 10.3. The van der Waals surface area contributed by atoms with E-state index < -0.39 is 5.91 Å². The van der Waals surface area contributed by atoms with E-state index in [9.17, 15) is 9.59 Å². The largest absolute Gasteiger partial charge is 0.495 e. The van der Waals surface area contributed by atoms with Gasteiger partial charge in [-0.15, -0.1) is 0 Å². The van der Waals surface area contributed by atoms with Crippen LogP contribution in [0.15, 0.2) is 65.6 Å². The Morgan fingerprint density at radius 3 is 2.27 bits per heavy atom. The number of amides is 1. The SMILES string of the molecule is COc1cc(OC)c(NC(=O)c2cn(-c3ccc(C)c(C)c3)c(=O)c3ccccc23)cc1Cl. The number of carbonyl (C=O) groups is 1. The summed E-state index contributed by atoms with van der Waals surface area (Å²) >= 11 is 6.26. The third-order valence-electron chi connectivity index (χ3n) is 5.66. The molecule has 1 heterocycles. The van der Waals surface area contributed by atoms with E-state index in [0.717, 1.165) is 11.1 Å². The van der Waals surface area contributed by atoms with Gasteiger partial charge in [-0.25, -0.2) is 0 Å². The standard InChI is InChI=1S/C26H23ClN2O4/c1-15-9-10-17(11-16(15)2)29-14-20(18-7-5-6-8-19(18)26(29)31)25(30)28-22-12-21(27)23(32-3)13-24(22)33-4/h5-14H,1-4H3,(H,28,30). The summed E-state index contributed by atoms with van der Waals surface area (Å²) in [5.41, 5.74) is 3.40. The first-order valence-corrected chi connectivity index (χ1v) is 10.7. The van der Waals surface area contributed by atoms with Gasteiger partial charge in [0.1, 0.15) is 11.5 Å². The van der Waals surface area contributed by atoms with E-state index in [2.05, 4.69) is 5.32 Å². The molecule has 4 aromatic rings. The maximum Gasteiger partial charge on any atom is 0.262 e. The first kappa shape index (κ1) is 22.4. The number of methoxy groups -OCH3 is 2. The van der Waals surface area contributed by atoms with E-state index in [0.29, 0.717) is 44.2 Å². The zero-order valence-corrected chi connectivity index (χ0v) is 19.5. The summed E-state index contributed by atoms with van der Waals surface area (Å²) in [6.07, 6.45) is 1.57. The number of fused-ring (bicyclic) bond motifs is 1. The molecular formula is C26H23ClN2O4. The number of halogens is 1. The third kappa shape index (κ3) is 4.17. The molecule has 0 spiro atoms. The number of hydrogen-bond acceptors (Lipinski definition) is 4. The number of nitrogens with one attached hydrogen (secondary N) is 1. The van der Waals surface area contributed by atoms with Crippen LogP contribution in [-0.2, 0) is 0 Å². The zero-order valence-electron chi connectivity index (χ0n) is 18.7. The Morgan fingerprint density at radius 2 is 1.61 bits per heavy atom. The van der Waals surface area contributed by atoms with Gasteiger partial charge in [-0.1, -0.05) is 35.9 Å². The van der Waals surface area contributed by atoms with Crippen LogP contribution in [0.2, 0.25) is 5.02 Å². The highest BCUT2D eigenvalue weighted by atomic mass is 35.5. The molecule has 0 unspecified atom stereocenters. The van der Waals surface area contributed by atoms with Gasteiger partial charge in [0.15, 0.2) is 0 Å². The first-order chi connectivity index (χ1) is 15.8. The third-order valence-corrected chi connectivity index (χ3v) is 5.96. The lowest BCUT2D eigenvalue weighted by Crippen LogP contribution is -2.23. The van der Waals surface area contributed by atoms with Gasteiger partial charge in [0.25, 0.3) is 11.5 Å². The van der Waals surface area contributed by atoms with Crippen molar-refractivity contribution < 1.29 is 14.3 Å². The van der Waals surface area contributed by atoms with E-state index in [1.54, 1.807) is 42.6 Å². The molecule has 0 atom stereocenters. The quantitative estimate of drug-likeness (QED) is 0.423. The average Bonchev–Trinajstić information content (AvgIpc) is 2.81. The number of anilines is 1. The van der Waals surface area contributed by atoms with Crippen LogP contribution in [0.25, 0.3) is 16.5 Å². The van der Waals surface area contributed by atoms with Crippen molar-refractivity contribution in [2.45, 2.75) is 13.8 Å². The van der Waals surface area contributed by atoms with Crippen LogP contribution in [0.4, 0.5) is 5.69 Å². The molecule has 1 aromatic heterocycles. The highest BCUT2D eigenvalue weighted by molar-refractivity contribution is 6.32. The molecule has 7 heteroatoms. The summed E-state index contributed by atoms with van der Waals surface area (Å²) in [7, 11) is 2.99. The Balaban J connectivity index is 1.86. The number of hydrogen-bond donors (Lipinski definition) is 1. The molecule has 0 fully saturated rings.